The van der Waals surface area contributed by atoms with Gasteiger partial charge in [-0.2, -0.15) is 0 Å². The van der Waals surface area contributed by atoms with Gasteiger partial charge >= 0.3 is 0 Å². The quantitative estimate of drug-likeness (QED) is 0.531. The van der Waals surface area contributed by atoms with E-state index in [1.807, 2.05) is 13.8 Å². The molecule has 0 saturated heterocycles. The van der Waals surface area contributed by atoms with Gasteiger partial charge in [-0.25, -0.2) is 0 Å². The summed E-state index contributed by atoms with van der Waals surface area (Å²) in [5, 5.41) is 2.74. The lowest BCUT2D eigenvalue weighted by molar-refractivity contribution is -0.137. The first kappa shape index (κ1) is 24.7. The summed E-state index contributed by atoms with van der Waals surface area (Å²) < 4.78 is 0. The lowest BCUT2D eigenvalue weighted by atomic mass is 9.87. The van der Waals surface area contributed by atoms with Gasteiger partial charge in [-0.15, -0.1) is 0 Å². The van der Waals surface area contributed by atoms with Crippen LogP contribution in [0.3, 0.4) is 0 Å². The highest BCUT2D eigenvalue weighted by Gasteiger charge is 2.29. The molecule has 1 rings (SSSR count). The highest BCUT2D eigenvalue weighted by atomic mass is 16.2. The van der Waals surface area contributed by atoms with Crippen LogP contribution in [-0.2, 0) is 24.0 Å². The predicted octanol–water partition coefficient (Wildman–Crippen LogP) is 2.43. The Balaban J connectivity index is 2.56. The van der Waals surface area contributed by atoms with E-state index in [9.17, 15) is 24.0 Å². The molecule has 0 unspecified atom stereocenters. The first-order chi connectivity index (χ1) is 13.3. The summed E-state index contributed by atoms with van der Waals surface area (Å²) in [6.45, 7) is 11.6. The third-order valence-corrected chi connectivity index (χ3v) is 5.07. The summed E-state index contributed by atoms with van der Waals surface area (Å²) in [5.74, 6) is -2.05. The van der Waals surface area contributed by atoms with E-state index in [4.69, 9.17) is 0 Å². The minimum absolute atomic E-state index is 0.00965. The Bertz CT molecular complexity index is 670. The number of ketones is 2. The molecule has 1 aliphatic heterocycles. The van der Waals surface area contributed by atoms with Crippen LogP contribution in [0.15, 0.2) is 12.2 Å². The molecule has 1 N–H and O–H groups in total. The van der Waals surface area contributed by atoms with Crippen molar-refractivity contribution in [2.75, 3.05) is 6.54 Å². The predicted molar refractivity (Wildman–Crippen MR) is 110 cm³/mol. The second kappa shape index (κ2) is 10.5. The molecule has 3 amide bonds. The zero-order chi connectivity index (χ0) is 22.4. The van der Waals surface area contributed by atoms with Crippen molar-refractivity contribution in [1.29, 1.82) is 0 Å². The minimum atomic E-state index is -0.605. The highest BCUT2D eigenvalue weighted by molar-refractivity contribution is 6.13. The van der Waals surface area contributed by atoms with Crippen LogP contribution in [-0.4, -0.2) is 46.8 Å². The van der Waals surface area contributed by atoms with Gasteiger partial charge in [0.15, 0.2) is 5.78 Å². The van der Waals surface area contributed by atoms with Crippen molar-refractivity contribution in [3.8, 4) is 0 Å². The van der Waals surface area contributed by atoms with E-state index in [0.717, 1.165) is 11.3 Å². The van der Waals surface area contributed by atoms with Gasteiger partial charge in [0.25, 0.3) is 11.8 Å². The van der Waals surface area contributed by atoms with E-state index in [1.165, 1.54) is 12.2 Å². The molecule has 0 aromatic heterocycles. The second-order valence-corrected chi connectivity index (χ2v) is 9.26. The Morgan fingerprint density at radius 3 is 2.03 bits per heavy atom. The van der Waals surface area contributed by atoms with E-state index in [-0.39, 0.29) is 48.2 Å². The lowest BCUT2D eigenvalue weighted by Crippen LogP contribution is -2.44. The number of amides is 3. The van der Waals surface area contributed by atoms with Crippen molar-refractivity contribution in [3.63, 3.8) is 0 Å². The first-order valence-corrected chi connectivity index (χ1v) is 10.2. The number of carbonyl (C=O) groups is 5. The average molecular weight is 407 g/mol. The summed E-state index contributed by atoms with van der Waals surface area (Å²) in [6.07, 6.45) is 3.50. The summed E-state index contributed by atoms with van der Waals surface area (Å²) in [5.41, 5.74) is 0.0416. The van der Waals surface area contributed by atoms with Gasteiger partial charge in [-0.05, 0) is 24.7 Å². The number of nitrogens with one attached hydrogen (secondary N) is 1. The topological polar surface area (TPSA) is 101 Å². The van der Waals surface area contributed by atoms with Gasteiger partial charge in [0.2, 0.25) is 5.91 Å². The molecule has 0 aromatic rings. The molecule has 0 bridgehead atoms. The maximum atomic E-state index is 12.7. The smallest absolute Gasteiger partial charge is 0.253 e. The number of Topliss-reactive ketones (excluding diaryl/α,β-unsaturated/α-hetero) is 2. The minimum Gasteiger partial charge on any atom is -0.346 e. The van der Waals surface area contributed by atoms with Gasteiger partial charge in [0.1, 0.15) is 5.78 Å². The number of hydrogen-bond donors (Lipinski definition) is 1. The average Bonchev–Trinajstić information content (AvgIpc) is 2.92. The molecule has 7 nitrogen and oxygen atoms in total. The normalized spacial score (nSPS) is 16.3. The molecule has 0 aromatic carbocycles. The highest BCUT2D eigenvalue weighted by Crippen LogP contribution is 2.21. The van der Waals surface area contributed by atoms with Crippen LogP contribution in [0.2, 0.25) is 0 Å². The Morgan fingerprint density at radius 1 is 1.00 bits per heavy atom. The summed E-state index contributed by atoms with van der Waals surface area (Å²) in [4.78, 5) is 61.4. The van der Waals surface area contributed by atoms with E-state index in [2.05, 4.69) is 26.1 Å². The largest absolute Gasteiger partial charge is 0.346 e. The maximum absolute atomic E-state index is 12.7. The first-order valence-electron chi connectivity index (χ1n) is 10.2. The maximum Gasteiger partial charge on any atom is 0.253 e. The molecule has 0 aliphatic carbocycles. The zero-order valence-corrected chi connectivity index (χ0v) is 18.4. The molecule has 7 heteroatoms. The summed E-state index contributed by atoms with van der Waals surface area (Å²) in [6, 6.07) is -0.605. The zero-order valence-electron chi connectivity index (χ0n) is 18.4. The number of carbonyl (C=O) groups excluding carboxylic acids is 5. The number of imide groups is 1. The van der Waals surface area contributed by atoms with Crippen molar-refractivity contribution < 1.29 is 24.0 Å². The van der Waals surface area contributed by atoms with E-state index >= 15 is 0 Å². The van der Waals surface area contributed by atoms with Gasteiger partial charge in [-0.3, -0.25) is 28.9 Å². The van der Waals surface area contributed by atoms with E-state index in [0.29, 0.717) is 6.42 Å². The number of nitrogens with zero attached hydrogens (tertiary/aromatic N) is 1. The van der Waals surface area contributed by atoms with Crippen molar-refractivity contribution in [2.45, 2.75) is 73.3 Å². The number of hydrogen-bond acceptors (Lipinski definition) is 5. The van der Waals surface area contributed by atoms with Gasteiger partial charge in [0.05, 0.1) is 6.04 Å². The van der Waals surface area contributed by atoms with Crippen LogP contribution in [0.5, 0.6) is 0 Å². The standard InChI is InChI=1S/C22H34N2O5/c1-14(2)17(13-16(25)10-12-24-19(27)7-8-20(24)28)21(29)23-15(3)18(26)9-11-22(4,5)6/h7-8,14-15,17H,9-13H2,1-6H3,(H,23,29)/t15-,17-/m0/s1. The Hall–Kier alpha value is -2.31. The summed E-state index contributed by atoms with van der Waals surface area (Å²) in [7, 11) is 0. The van der Waals surface area contributed by atoms with Crippen molar-refractivity contribution in [2.24, 2.45) is 17.3 Å². The third-order valence-electron chi connectivity index (χ3n) is 5.07. The molecular formula is C22H34N2O5. The monoisotopic (exact) mass is 406 g/mol. The van der Waals surface area contributed by atoms with Gasteiger partial charge in [-0.1, -0.05) is 34.6 Å². The number of rotatable bonds is 11. The molecule has 29 heavy (non-hydrogen) atoms. The molecule has 162 valence electrons. The second-order valence-electron chi connectivity index (χ2n) is 9.26. The Morgan fingerprint density at radius 2 is 1.55 bits per heavy atom. The van der Waals surface area contributed by atoms with Crippen molar-refractivity contribution in [3.05, 3.63) is 12.2 Å². The molecule has 1 heterocycles. The fourth-order valence-electron chi connectivity index (χ4n) is 2.98. The molecule has 2 atom stereocenters. The lowest BCUT2D eigenvalue weighted by Gasteiger charge is -2.23. The molecular weight excluding hydrogens is 372 g/mol. The van der Waals surface area contributed by atoms with Gasteiger partial charge < -0.3 is 5.32 Å². The Labute approximate surface area is 173 Å². The third kappa shape index (κ3) is 8.30. The van der Waals surface area contributed by atoms with Crippen LogP contribution < -0.4 is 5.32 Å². The molecule has 0 spiro atoms. The SMILES string of the molecule is CC(C)[C@H](CC(=O)CCN1C(=O)C=CC1=O)C(=O)N[C@@H](C)C(=O)CCC(C)(C)C. The molecule has 0 saturated carbocycles. The van der Waals surface area contributed by atoms with Crippen LogP contribution in [0, 0.1) is 17.3 Å². The van der Waals surface area contributed by atoms with Crippen LogP contribution in [0.1, 0.15) is 67.2 Å². The molecule has 0 fully saturated rings. The van der Waals surface area contributed by atoms with Crippen molar-refractivity contribution >= 4 is 29.3 Å². The Kier molecular flexibility index (Phi) is 8.92. The van der Waals surface area contributed by atoms with E-state index < -0.39 is 23.8 Å². The molecule has 0 radical (unpaired) electrons. The van der Waals surface area contributed by atoms with Crippen LogP contribution in [0.25, 0.3) is 0 Å². The summed E-state index contributed by atoms with van der Waals surface area (Å²) >= 11 is 0. The fourth-order valence-corrected chi connectivity index (χ4v) is 2.98. The van der Waals surface area contributed by atoms with E-state index in [1.54, 1.807) is 6.92 Å². The van der Waals surface area contributed by atoms with Gasteiger partial charge in [0, 0.05) is 43.9 Å². The fraction of sp³-hybridized carbons (Fsp3) is 0.682. The molecule has 1 aliphatic rings. The van der Waals surface area contributed by atoms with Crippen molar-refractivity contribution in [1.82, 2.24) is 10.2 Å². The van der Waals surface area contributed by atoms with Crippen LogP contribution >= 0.6 is 0 Å². The van der Waals surface area contributed by atoms with Crippen LogP contribution in [0.4, 0.5) is 0 Å².